The molecule has 2 aliphatic rings. The minimum absolute atomic E-state index is 0.116. The summed E-state index contributed by atoms with van der Waals surface area (Å²) in [6.45, 7) is 3.40. The average molecular weight is 388 g/mol. The smallest absolute Gasteiger partial charge is 0.223 e. The van der Waals surface area contributed by atoms with Gasteiger partial charge < -0.3 is 20.7 Å². The van der Waals surface area contributed by atoms with E-state index < -0.39 is 0 Å². The number of hydrogen-bond acceptors (Lipinski definition) is 4. The van der Waals surface area contributed by atoms with Crippen LogP contribution in [0.4, 0.5) is 0 Å². The van der Waals surface area contributed by atoms with Crippen molar-refractivity contribution >= 4 is 11.9 Å². The van der Waals surface area contributed by atoms with Crippen molar-refractivity contribution in [1.29, 1.82) is 0 Å². The van der Waals surface area contributed by atoms with Gasteiger partial charge in [-0.15, -0.1) is 0 Å². The first kappa shape index (κ1) is 20.4. The summed E-state index contributed by atoms with van der Waals surface area (Å²) in [5.74, 6) is 1.77. The number of aromatic nitrogens is 1. The van der Waals surface area contributed by atoms with Gasteiger partial charge in [-0.25, -0.2) is 4.98 Å². The lowest BCUT2D eigenvalue weighted by Gasteiger charge is -2.30. The van der Waals surface area contributed by atoms with E-state index in [0.29, 0.717) is 25.1 Å². The molecule has 0 radical (unpaired) electrons. The molecule has 2 aliphatic carbocycles. The lowest BCUT2D eigenvalue weighted by atomic mass is 9.85. The molecule has 7 nitrogen and oxygen atoms in total. The van der Waals surface area contributed by atoms with Crippen LogP contribution in [0.3, 0.4) is 0 Å². The second kappa shape index (κ2) is 10.3. The number of hydrogen-bond donors (Lipinski definition) is 3. The summed E-state index contributed by atoms with van der Waals surface area (Å²) in [6.07, 6.45) is 9.06. The standard InChI is InChI=1S/C21H33N5O2/c1-3-11-28-19-10-7-15(13-23-19)14-24-21(22-2)26-18-6-4-5-16(12-18)20(27)25-17-8-9-17/h7,10,13,16-18H,3-6,8-9,11-12,14H2,1-2H3,(H,25,27)(H2,22,24,26). The number of aliphatic imine (C=N–C) groups is 1. The van der Waals surface area contributed by atoms with E-state index in [0.717, 1.165) is 56.5 Å². The summed E-state index contributed by atoms with van der Waals surface area (Å²) in [6, 6.07) is 4.62. The molecule has 0 aliphatic heterocycles. The summed E-state index contributed by atoms with van der Waals surface area (Å²) in [4.78, 5) is 21.0. The molecule has 0 saturated heterocycles. The van der Waals surface area contributed by atoms with Crippen molar-refractivity contribution in [3.63, 3.8) is 0 Å². The fraction of sp³-hybridized carbons (Fsp3) is 0.667. The second-order valence-corrected chi connectivity index (χ2v) is 7.77. The van der Waals surface area contributed by atoms with Crippen LogP contribution in [0.2, 0.25) is 0 Å². The molecule has 0 bridgehead atoms. The Labute approximate surface area is 167 Å². The van der Waals surface area contributed by atoms with Crippen LogP contribution in [0.25, 0.3) is 0 Å². The Hall–Kier alpha value is -2.31. The Morgan fingerprint density at radius 2 is 2.07 bits per heavy atom. The van der Waals surface area contributed by atoms with Gasteiger partial charge in [0.05, 0.1) is 6.61 Å². The van der Waals surface area contributed by atoms with Crippen molar-refractivity contribution in [2.75, 3.05) is 13.7 Å². The first-order valence-electron chi connectivity index (χ1n) is 10.5. The van der Waals surface area contributed by atoms with E-state index in [9.17, 15) is 4.79 Å². The number of ether oxygens (including phenoxy) is 1. The Balaban J connectivity index is 1.43. The molecule has 0 spiro atoms. The maximum absolute atomic E-state index is 12.4. The largest absolute Gasteiger partial charge is 0.478 e. The van der Waals surface area contributed by atoms with Crippen LogP contribution in [0, 0.1) is 5.92 Å². The zero-order valence-corrected chi connectivity index (χ0v) is 17.0. The summed E-state index contributed by atoms with van der Waals surface area (Å²) < 4.78 is 5.51. The molecule has 0 aromatic carbocycles. The van der Waals surface area contributed by atoms with Crippen molar-refractivity contribution in [2.24, 2.45) is 10.9 Å². The Bertz CT molecular complexity index is 657. The van der Waals surface area contributed by atoms with Gasteiger partial charge in [0.25, 0.3) is 0 Å². The molecular weight excluding hydrogens is 354 g/mol. The van der Waals surface area contributed by atoms with Gasteiger partial charge in [0.2, 0.25) is 11.8 Å². The molecule has 1 aromatic heterocycles. The van der Waals surface area contributed by atoms with Crippen LogP contribution < -0.4 is 20.7 Å². The molecule has 154 valence electrons. The van der Waals surface area contributed by atoms with E-state index >= 15 is 0 Å². The number of nitrogens with zero attached hydrogens (tertiary/aromatic N) is 2. The molecule has 28 heavy (non-hydrogen) atoms. The van der Waals surface area contributed by atoms with Gasteiger partial charge in [-0.3, -0.25) is 9.79 Å². The molecule has 2 fully saturated rings. The van der Waals surface area contributed by atoms with Gasteiger partial charge in [0, 0.05) is 43.9 Å². The highest BCUT2D eigenvalue weighted by molar-refractivity contribution is 5.81. The minimum Gasteiger partial charge on any atom is -0.478 e. The first-order chi connectivity index (χ1) is 13.7. The van der Waals surface area contributed by atoms with Crippen LogP contribution in [0.15, 0.2) is 23.3 Å². The molecule has 1 aromatic rings. The third-order valence-electron chi connectivity index (χ3n) is 5.24. The SMILES string of the molecule is CCCOc1ccc(CNC(=NC)NC2CCCC(C(=O)NC3CC3)C2)cn1. The third kappa shape index (κ3) is 6.39. The number of carbonyl (C=O) groups is 1. The highest BCUT2D eigenvalue weighted by atomic mass is 16.5. The Kier molecular flexibility index (Phi) is 7.51. The molecular formula is C21H33N5O2. The minimum atomic E-state index is 0.116. The molecule has 1 amide bonds. The van der Waals surface area contributed by atoms with Crippen LogP contribution in [0.1, 0.15) is 57.4 Å². The van der Waals surface area contributed by atoms with Gasteiger partial charge in [-0.05, 0) is 44.1 Å². The Morgan fingerprint density at radius 3 is 2.75 bits per heavy atom. The predicted molar refractivity (Wildman–Crippen MR) is 110 cm³/mol. The summed E-state index contributed by atoms with van der Waals surface area (Å²) >= 11 is 0. The van der Waals surface area contributed by atoms with Crippen molar-refractivity contribution in [3.8, 4) is 5.88 Å². The topological polar surface area (TPSA) is 87.6 Å². The molecule has 3 N–H and O–H groups in total. The fourth-order valence-electron chi connectivity index (χ4n) is 3.49. The van der Waals surface area contributed by atoms with Gasteiger partial charge in [-0.1, -0.05) is 19.4 Å². The van der Waals surface area contributed by atoms with Gasteiger partial charge >= 0.3 is 0 Å². The van der Waals surface area contributed by atoms with Gasteiger partial charge in [0.15, 0.2) is 5.96 Å². The molecule has 7 heteroatoms. The first-order valence-corrected chi connectivity index (χ1v) is 10.5. The van der Waals surface area contributed by atoms with Crippen LogP contribution >= 0.6 is 0 Å². The number of carbonyl (C=O) groups excluding carboxylic acids is 1. The highest BCUT2D eigenvalue weighted by Gasteiger charge is 2.31. The number of rotatable bonds is 8. The molecule has 2 unspecified atom stereocenters. The average Bonchev–Trinajstić information content (AvgIpc) is 3.54. The maximum Gasteiger partial charge on any atom is 0.223 e. The number of amides is 1. The molecule has 2 atom stereocenters. The van der Waals surface area contributed by atoms with Crippen LogP contribution in [-0.2, 0) is 11.3 Å². The summed E-state index contributed by atoms with van der Waals surface area (Å²) in [5, 5.41) is 9.97. The van der Waals surface area contributed by atoms with Crippen molar-refractivity contribution in [2.45, 2.75) is 70.5 Å². The predicted octanol–water partition coefficient (Wildman–Crippen LogP) is 2.37. The number of nitrogens with one attached hydrogen (secondary N) is 3. The Morgan fingerprint density at radius 1 is 1.21 bits per heavy atom. The fourth-order valence-corrected chi connectivity index (χ4v) is 3.49. The van der Waals surface area contributed by atoms with E-state index in [2.05, 4.69) is 32.9 Å². The van der Waals surface area contributed by atoms with Crippen LogP contribution in [-0.4, -0.2) is 42.6 Å². The summed E-state index contributed by atoms with van der Waals surface area (Å²) in [7, 11) is 1.77. The van der Waals surface area contributed by atoms with Gasteiger partial charge in [0.1, 0.15) is 0 Å². The lowest BCUT2D eigenvalue weighted by Crippen LogP contribution is -2.47. The lowest BCUT2D eigenvalue weighted by molar-refractivity contribution is -0.126. The quantitative estimate of drug-likeness (QED) is 0.471. The van der Waals surface area contributed by atoms with Crippen LogP contribution in [0.5, 0.6) is 5.88 Å². The number of pyridine rings is 1. The normalized spacial score (nSPS) is 22.4. The molecule has 1 heterocycles. The molecule has 3 rings (SSSR count). The van der Waals surface area contributed by atoms with Gasteiger partial charge in [-0.2, -0.15) is 0 Å². The van der Waals surface area contributed by atoms with Crippen molar-refractivity contribution < 1.29 is 9.53 Å². The van der Waals surface area contributed by atoms with E-state index in [1.807, 2.05) is 18.3 Å². The van der Waals surface area contributed by atoms with Crippen molar-refractivity contribution in [3.05, 3.63) is 23.9 Å². The highest BCUT2D eigenvalue weighted by Crippen LogP contribution is 2.26. The van der Waals surface area contributed by atoms with Crippen molar-refractivity contribution in [1.82, 2.24) is 20.9 Å². The van der Waals surface area contributed by atoms with E-state index in [-0.39, 0.29) is 17.9 Å². The second-order valence-electron chi connectivity index (χ2n) is 7.77. The maximum atomic E-state index is 12.4. The van der Waals surface area contributed by atoms with E-state index in [1.165, 1.54) is 0 Å². The molecule has 2 saturated carbocycles. The van der Waals surface area contributed by atoms with E-state index in [4.69, 9.17) is 4.74 Å². The third-order valence-corrected chi connectivity index (χ3v) is 5.24. The summed E-state index contributed by atoms with van der Waals surface area (Å²) in [5.41, 5.74) is 1.07. The zero-order valence-electron chi connectivity index (χ0n) is 17.0. The number of guanidine groups is 1. The zero-order chi connectivity index (χ0) is 19.8. The monoisotopic (exact) mass is 387 g/mol. The van der Waals surface area contributed by atoms with E-state index in [1.54, 1.807) is 7.05 Å².